The normalized spacial score (nSPS) is 10.6. The third-order valence-electron chi connectivity index (χ3n) is 3.96. The van der Waals surface area contributed by atoms with E-state index in [1.54, 1.807) is 6.07 Å². The largest absolute Gasteiger partial charge is 0.358 e. The summed E-state index contributed by atoms with van der Waals surface area (Å²) < 4.78 is 0. The zero-order valence-electron chi connectivity index (χ0n) is 17.6. The fraction of sp³-hybridized carbons (Fsp3) is 0.304. The van der Waals surface area contributed by atoms with Crippen molar-refractivity contribution in [1.82, 2.24) is 0 Å². The van der Waals surface area contributed by atoms with Crippen LogP contribution >= 0.6 is 0 Å². The van der Waals surface area contributed by atoms with Crippen LogP contribution in [0.3, 0.4) is 0 Å². The predicted octanol–water partition coefficient (Wildman–Crippen LogP) is 6.78. The van der Waals surface area contributed by atoms with Gasteiger partial charge in [-0.25, -0.2) is 0 Å². The molecule has 0 fully saturated rings. The van der Waals surface area contributed by atoms with Crippen LogP contribution in [0, 0.1) is 46.5 Å². The summed E-state index contributed by atoms with van der Waals surface area (Å²) in [6, 6.07) is 14.3. The van der Waals surface area contributed by atoms with Crippen LogP contribution in [0.15, 0.2) is 46.4 Å². The first-order valence-corrected chi connectivity index (χ1v) is 8.36. The Hall–Kier alpha value is -2.07. The molecule has 0 aliphatic heterocycles. The second-order valence-corrected chi connectivity index (χ2v) is 6.10. The van der Waals surface area contributed by atoms with Crippen molar-refractivity contribution in [1.29, 1.82) is 5.26 Å². The maximum Gasteiger partial charge on any atom is 0.0691 e. The van der Waals surface area contributed by atoms with Gasteiger partial charge < -0.3 is 7.43 Å². The number of para-hydroxylation sites is 2. The van der Waals surface area contributed by atoms with E-state index in [4.69, 9.17) is 15.2 Å². The van der Waals surface area contributed by atoms with Gasteiger partial charge in [-0.3, -0.25) is 9.98 Å². The monoisotopic (exact) mass is 454 g/mol. The van der Waals surface area contributed by atoms with Gasteiger partial charge in [0.2, 0.25) is 0 Å². The molecule has 0 unspecified atom stereocenters. The Labute approximate surface area is 178 Å². The first-order valence-electron chi connectivity index (χ1n) is 8.36. The maximum absolute atomic E-state index is 7.32. The number of aliphatic imine (C=N–C) groups is 2. The maximum atomic E-state index is 7.32. The minimum atomic E-state index is 0. The molecule has 4 heteroatoms. The molecule has 0 saturated heterocycles. The summed E-state index contributed by atoms with van der Waals surface area (Å²) in [6.45, 7) is 13.9. The zero-order chi connectivity index (χ0) is 19.0. The molecule has 0 saturated carbocycles. The number of aryl methyl sites for hydroxylation is 4. The topological polar surface area (TPSA) is 48.5 Å². The van der Waals surface area contributed by atoms with Crippen molar-refractivity contribution in [3.8, 4) is 6.07 Å². The standard InChI is InChI=1S/C20H24N2.C2H3N.CH3.Pd/c1-13-9-7-10-14(2)19(13)21-17(5)18(6)22-20-15(3)11-8-12-16(20)4;1-2-3;;/h7-12H,1-6H3;1H3;1H3;/q;;-1;. The molecule has 0 aromatic heterocycles. The fourth-order valence-corrected chi connectivity index (χ4v) is 2.46. The molecule has 2 aromatic rings. The van der Waals surface area contributed by atoms with Gasteiger partial charge in [0.1, 0.15) is 0 Å². The minimum Gasteiger partial charge on any atom is -0.358 e. The first-order chi connectivity index (χ1) is 11.8. The second-order valence-electron chi connectivity index (χ2n) is 6.10. The predicted molar refractivity (Wildman–Crippen MR) is 115 cm³/mol. The summed E-state index contributed by atoms with van der Waals surface area (Å²) in [4.78, 5) is 9.60. The average molecular weight is 455 g/mol. The fourth-order valence-electron chi connectivity index (χ4n) is 2.46. The quantitative estimate of drug-likeness (QED) is 0.286. The number of rotatable bonds is 3. The molecule has 0 N–H and O–H groups in total. The van der Waals surface area contributed by atoms with E-state index in [2.05, 4.69) is 64.1 Å². The summed E-state index contributed by atoms with van der Waals surface area (Å²) in [6.07, 6.45) is 0. The van der Waals surface area contributed by atoms with Crippen LogP contribution < -0.4 is 0 Å². The van der Waals surface area contributed by atoms with Crippen LogP contribution in [0.1, 0.15) is 43.0 Å². The molecule has 27 heavy (non-hydrogen) atoms. The molecule has 0 atom stereocenters. The van der Waals surface area contributed by atoms with Crippen molar-refractivity contribution < 1.29 is 20.4 Å². The van der Waals surface area contributed by atoms with Crippen molar-refractivity contribution >= 4 is 22.8 Å². The minimum absolute atomic E-state index is 0. The Bertz CT molecular complexity index is 737. The summed E-state index contributed by atoms with van der Waals surface area (Å²) in [5.41, 5.74) is 8.80. The molecule has 0 bridgehead atoms. The summed E-state index contributed by atoms with van der Waals surface area (Å²) in [7, 11) is 0. The molecule has 0 aliphatic rings. The van der Waals surface area contributed by atoms with Crippen LogP contribution in [0.5, 0.6) is 0 Å². The van der Waals surface area contributed by atoms with Crippen LogP contribution in [0.2, 0.25) is 0 Å². The van der Waals surface area contributed by atoms with E-state index >= 15 is 0 Å². The average Bonchev–Trinajstić information content (AvgIpc) is 2.55. The SMILES string of the molecule is CC#N.CC(=Nc1c(C)cccc1C)C(C)=Nc1c(C)cccc1C.[CH3-].[Pd]. The zero-order valence-corrected chi connectivity index (χ0v) is 19.2. The van der Waals surface area contributed by atoms with Crippen molar-refractivity contribution in [2.24, 2.45) is 9.98 Å². The Morgan fingerprint density at radius 2 is 0.963 bits per heavy atom. The molecule has 148 valence electrons. The molecule has 0 aliphatic carbocycles. The van der Waals surface area contributed by atoms with Gasteiger partial charge in [-0.15, -0.1) is 0 Å². The van der Waals surface area contributed by atoms with Crippen molar-refractivity contribution in [3.05, 3.63) is 66.1 Å². The van der Waals surface area contributed by atoms with Gasteiger partial charge in [-0.05, 0) is 63.8 Å². The summed E-state index contributed by atoms with van der Waals surface area (Å²) in [5, 5.41) is 7.32. The molecule has 3 nitrogen and oxygen atoms in total. The molecule has 0 spiro atoms. The first kappa shape index (κ1) is 27.2. The van der Waals surface area contributed by atoms with Gasteiger partial charge in [0.15, 0.2) is 0 Å². The van der Waals surface area contributed by atoms with Crippen LogP contribution in [0.25, 0.3) is 0 Å². The van der Waals surface area contributed by atoms with Crippen molar-refractivity contribution in [2.75, 3.05) is 0 Å². The van der Waals surface area contributed by atoms with Gasteiger partial charge in [-0.2, -0.15) is 5.26 Å². The van der Waals surface area contributed by atoms with Crippen LogP contribution in [-0.4, -0.2) is 11.4 Å². The molecule has 0 amide bonds. The van der Waals surface area contributed by atoms with Crippen LogP contribution in [0.4, 0.5) is 11.4 Å². The van der Waals surface area contributed by atoms with E-state index in [0.717, 1.165) is 22.8 Å². The van der Waals surface area contributed by atoms with E-state index in [1.165, 1.54) is 29.2 Å². The third-order valence-corrected chi connectivity index (χ3v) is 3.96. The Morgan fingerprint density at radius 3 is 1.19 bits per heavy atom. The van der Waals surface area contributed by atoms with Gasteiger partial charge in [0, 0.05) is 27.3 Å². The molecule has 2 aromatic carbocycles. The van der Waals surface area contributed by atoms with E-state index < -0.39 is 0 Å². The molecule has 2 rings (SSSR count). The van der Waals surface area contributed by atoms with Crippen LogP contribution in [-0.2, 0) is 20.4 Å². The molecule has 0 radical (unpaired) electrons. The van der Waals surface area contributed by atoms with E-state index in [9.17, 15) is 0 Å². The molecular formula is C23H30N3Pd-. The Kier molecular flexibility index (Phi) is 13.2. The van der Waals surface area contributed by atoms with Crippen molar-refractivity contribution in [3.63, 3.8) is 0 Å². The Balaban J connectivity index is 0. The second kappa shape index (κ2) is 13.2. The molecular weight excluding hydrogens is 425 g/mol. The molecule has 0 heterocycles. The van der Waals surface area contributed by atoms with Gasteiger partial charge in [-0.1, -0.05) is 36.4 Å². The summed E-state index contributed by atoms with van der Waals surface area (Å²) in [5.74, 6) is 0. The number of hydrogen-bond donors (Lipinski definition) is 0. The van der Waals surface area contributed by atoms with Crippen molar-refractivity contribution in [2.45, 2.75) is 48.5 Å². The van der Waals surface area contributed by atoms with E-state index in [1.807, 2.05) is 13.8 Å². The van der Waals surface area contributed by atoms with E-state index in [-0.39, 0.29) is 27.8 Å². The van der Waals surface area contributed by atoms with Gasteiger partial charge in [0.25, 0.3) is 0 Å². The number of benzene rings is 2. The third kappa shape index (κ3) is 8.00. The Morgan fingerprint density at radius 1 is 0.741 bits per heavy atom. The smallest absolute Gasteiger partial charge is 0.0691 e. The van der Waals surface area contributed by atoms with Gasteiger partial charge in [0.05, 0.1) is 28.9 Å². The number of hydrogen-bond acceptors (Lipinski definition) is 3. The summed E-state index contributed by atoms with van der Waals surface area (Å²) >= 11 is 0. The number of nitrogens with zero attached hydrogens (tertiary/aromatic N) is 3. The number of nitriles is 1. The van der Waals surface area contributed by atoms with E-state index in [0.29, 0.717) is 0 Å². The van der Waals surface area contributed by atoms with Gasteiger partial charge >= 0.3 is 0 Å².